The molecule has 0 bridgehead atoms. The highest BCUT2D eigenvalue weighted by Gasteiger charge is 2.10. The van der Waals surface area contributed by atoms with E-state index in [0.29, 0.717) is 28.1 Å². The Morgan fingerprint density at radius 3 is 2.72 bits per heavy atom. The van der Waals surface area contributed by atoms with E-state index < -0.39 is 0 Å². The van der Waals surface area contributed by atoms with E-state index in [4.69, 9.17) is 33.7 Å². The lowest BCUT2D eigenvalue weighted by Crippen LogP contribution is -1.96. The fourth-order valence-electron chi connectivity index (χ4n) is 1.48. The summed E-state index contributed by atoms with van der Waals surface area (Å²) in [5.74, 6) is 0.888. The van der Waals surface area contributed by atoms with Gasteiger partial charge in [-0.05, 0) is 19.1 Å². The molecule has 0 spiro atoms. The van der Waals surface area contributed by atoms with Gasteiger partial charge in [-0.1, -0.05) is 23.2 Å². The summed E-state index contributed by atoms with van der Waals surface area (Å²) >= 11 is 11.9. The molecule has 0 saturated carbocycles. The molecule has 2 N–H and O–H groups in total. The smallest absolute Gasteiger partial charge is 0.143 e. The SMILES string of the molecule is CCOc1cncc(-c2nc(N)c(Cl)cc2Cl)c1. The van der Waals surface area contributed by atoms with Crippen LogP contribution in [-0.2, 0) is 0 Å². The number of hydrogen-bond donors (Lipinski definition) is 1. The number of pyridine rings is 2. The lowest BCUT2D eigenvalue weighted by atomic mass is 10.2. The number of nitrogens with two attached hydrogens (primary N) is 1. The second kappa shape index (κ2) is 5.42. The Labute approximate surface area is 115 Å². The first-order valence-electron chi connectivity index (χ1n) is 5.31. The molecule has 6 heteroatoms. The maximum Gasteiger partial charge on any atom is 0.143 e. The minimum absolute atomic E-state index is 0.234. The maximum atomic E-state index is 6.09. The van der Waals surface area contributed by atoms with Crippen LogP contribution in [0.3, 0.4) is 0 Å². The van der Waals surface area contributed by atoms with Crippen molar-refractivity contribution in [2.75, 3.05) is 12.3 Å². The largest absolute Gasteiger partial charge is 0.492 e. The van der Waals surface area contributed by atoms with Crippen molar-refractivity contribution in [3.8, 4) is 17.0 Å². The van der Waals surface area contributed by atoms with Crippen molar-refractivity contribution in [3.63, 3.8) is 0 Å². The Morgan fingerprint density at radius 1 is 1.22 bits per heavy atom. The lowest BCUT2D eigenvalue weighted by Gasteiger charge is -2.08. The molecular weight excluding hydrogens is 273 g/mol. The fourth-order valence-corrected chi connectivity index (χ4v) is 1.94. The van der Waals surface area contributed by atoms with Gasteiger partial charge in [0.25, 0.3) is 0 Å². The van der Waals surface area contributed by atoms with E-state index in [2.05, 4.69) is 9.97 Å². The number of ether oxygens (including phenoxy) is 1. The summed E-state index contributed by atoms with van der Waals surface area (Å²) < 4.78 is 5.37. The number of rotatable bonds is 3. The highest BCUT2D eigenvalue weighted by atomic mass is 35.5. The Kier molecular flexibility index (Phi) is 3.89. The Hall–Kier alpha value is -1.52. The topological polar surface area (TPSA) is 61.0 Å². The zero-order chi connectivity index (χ0) is 13.1. The molecule has 0 saturated heterocycles. The van der Waals surface area contributed by atoms with Crippen LogP contribution >= 0.6 is 23.2 Å². The van der Waals surface area contributed by atoms with E-state index >= 15 is 0 Å². The second-order valence-electron chi connectivity index (χ2n) is 3.53. The molecule has 0 fully saturated rings. The Balaban J connectivity index is 2.48. The van der Waals surface area contributed by atoms with E-state index in [1.54, 1.807) is 24.5 Å². The van der Waals surface area contributed by atoms with Gasteiger partial charge >= 0.3 is 0 Å². The fraction of sp³-hybridized carbons (Fsp3) is 0.167. The van der Waals surface area contributed by atoms with Crippen molar-refractivity contribution in [1.82, 2.24) is 9.97 Å². The van der Waals surface area contributed by atoms with Gasteiger partial charge in [0.1, 0.15) is 11.6 Å². The van der Waals surface area contributed by atoms with Crippen molar-refractivity contribution in [2.45, 2.75) is 6.92 Å². The van der Waals surface area contributed by atoms with Crippen LogP contribution in [0, 0.1) is 0 Å². The average molecular weight is 284 g/mol. The molecule has 2 aromatic rings. The number of aromatic nitrogens is 2. The molecule has 0 radical (unpaired) electrons. The van der Waals surface area contributed by atoms with Gasteiger partial charge in [0.2, 0.25) is 0 Å². The first-order chi connectivity index (χ1) is 8.61. The zero-order valence-corrected chi connectivity index (χ0v) is 11.2. The molecule has 0 amide bonds. The van der Waals surface area contributed by atoms with Gasteiger partial charge in [0.05, 0.1) is 28.5 Å². The molecule has 2 aromatic heterocycles. The van der Waals surface area contributed by atoms with E-state index in [1.165, 1.54) is 0 Å². The van der Waals surface area contributed by atoms with E-state index in [1.807, 2.05) is 6.92 Å². The summed E-state index contributed by atoms with van der Waals surface area (Å²) in [5.41, 5.74) is 6.94. The van der Waals surface area contributed by atoms with Gasteiger partial charge in [-0.2, -0.15) is 0 Å². The average Bonchev–Trinajstić information content (AvgIpc) is 2.34. The first kappa shape index (κ1) is 12.9. The molecule has 0 unspecified atom stereocenters. The van der Waals surface area contributed by atoms with Crippen LogP contribution in [0.25, 0.3) is 11.3 Å². The maximum absolute atomic E-state index is 6.09. The Morgan fingerprint density at radius 2 is 2.00 bits per heavy atom. The van der Waals surface area contributed by atoms with E-state index in [9.17, 15) is 0 Å². The molecule has 0 aromatic carbocycles. The molecule has 0 aliphatic heterocycles. The monoisotopic (exact) mass is 283 g/mol. The summed E-state index contributed by atoms with van der Waals surface area (Å²) in [6, 6.07) is 3.37. The standard InChI is InChI=1S/C12H11Cl2N3O/c1-2-18-8-3-7(5-16-6-8)11-9(13)4-10(14)12(15)17-11/h3-6H,2H2,1H3,(H2,15,17). The van der Waals surface area contributed by atoms with E-state index in [0.717, 1.165) is 5.56 Å². The highest BCUT2D eigenvalue weighted by molar-refractivity contribution is 6.37. The van der Waals surface area contributed by atoms with Crippen molar-refractivity contribution in [1.29, 1.82) is 0 Å². The summed E-state index contributed by atoms with van der Waals surface area (Å²) in [6.45, 7) is 2.47. The van der Waals surface area contributed by atoms with Crippen LogP contribution in [0.2, 0.25) is 10.0 Å². The van der Waals surface area contributed by atoms with Crippen LogP contribution in [-0.4, -0.2) is 16.6 Å². The number of nitrogen functional groups attached to an aromatic ring is 1. The molecule has 0 atom stereocenters. The van der Waals surface area contributed by atoms with Gasteiger partial charge in [-0.15, -0.1) is 0 Å². The summed E-state index contributed by atoms with van der Waals surface area (Å²) in [5, 5.41) is 0.752. The van der Waals surface area contributed by atoms with Crippen LogP contribution < -0.4 is 10.5 Å². The molecular formula is C12H11Cl2N3O. The normalized spacial score (nSPS) is 10.4. The lowest BCUT2D eigenvalue weighted by molar-refractivity contribution is 0.339. The van der Waals surface area contributed by atoms with Crippen LogP contribution in [0.1, 0.15) is 6.92 Å². The molecule has 4 nitrogen and oxygen atoms in total. The third-order valence-corrected chi connectivity index (χ3v) is 2.85. The third kappa shape index (κ3) is 2.66. The molecule has 0 aliphatic carbocycles. The van der Waals surface area contributed by atoms with Crippen molar-refractivity contribution in [2.24, 2.45) is 0 Å². The Bertz CT molecular complexity index is 575. The quantitative estimate of drug-likeness (QED) is 0.938. The second-order valence-corrected chi connectivity index (χ2v) is 4.34. The third-order valence-electron chi connectivity index (χ3n) is 2.25. The van der Waals surface area contributed by atoms with Crippen molar-refractivity contribution >= 4 is 29.0 Å². The minimum atomic E-state index is 0.234. The van der Waals surface area contributed by atoms with Gasteiger partial charge in [-0.25, -0.2) is 4.98 Å². The summed E-state index contributed by atoms with van der Waals surface area (Å²) in [6.07, 6.45) is 3.27. The molecule has 0 aliphatic rings. The van der Waals surface area contributed by atoms with Crippen LogP contribution in [0.15, 0.2) is 24.5 Å². The number of anilines is 1. The van der Waals surface area contributed by atoms with Gasteiger partial charge < -0.3 is 10.5 Å². The van der Waals surface area contributed by atoms with E-state index in [-0.39, 0.29) is 5.82 Å². The molecule has 18 heavy (non-hydrogen) atoms. The highest BCUT2D eigenvalue weighted by Crippen LogP contribution is 2.32. The number of nitrogens with zero attached hydrogens (tertiary/aromatic N) is 2. The molecule has 94 valence electrons. The zero-order valence-electron chi connectivity index (χ0n) is 9.65. The van der Waals surface area contributed by atoms with Gasteiger partial charge in [0.15, 0.2) is 0 Å². The van der Waals surface area contributed by atoms with Crippen LogP contribution in [0.5, 0.6) is 5.75 Å². The first-order valence-corrected chi connectivity index (χ1v) is 6.07. The molecule has 2 heterocycles. The number of halogens is 2. The van der Waals surface area contributed by atoms with Gasteiger partial charge in [0, 0.05) is 11.8 Å². The number of hydrogen-bond acceptors (Lipinski definition) is 4. The van der Waals surface area contributed by atoms with Crippen molar-refractivity contribution < 1.29 is 4.74 Å². The molecule has 2 rings (SSSR count). The predicted molar refractivity (Wildman–Crippen MR) is 73.1 cm³/mol. The predicted octanol–water partition coefficient (Wildman–Crippen LogP) is 3.43. The summed E-state index contributed by atoms with van der Waals surface area (Å²) in [7, 11) is 0. The van der Waals surface area contributed by atoms with Crippen LogP contribution in [0.4, 0.5) is 5.82 Å². The minimum Gasteiger partial charge on any atom is -0.492 e. The summed E-state index contributed by atoms with van der Waals surface area (Å²) in [4.78, 5) is 8.24. The van der Waals surface area contributed by atoms with Crippen molar-refractivity contribution in [3.05, 3.63) is 34.6 Å². The van der Waals surface area contributed by atoms with Gasteiger partial charge in [-0.3, -0.25) is 4.98 Å².